The Hall–Kier alpha value is -2.64. The lowest BCUT2D eigenvalue weighted by Gasteiger charge is -2.41. The Labute approximate surface area is 167 Å². The van der Waals surface area contributed by atoms with E-state index in [-0.39, 0.29) is 10.4 Å². The molecule has 0 unspecified atom stereocenters. The molecule has 2 aromatic carbocycles. The van der Waals surface area contributed by atoms with Crippen molar-refractivity contribution in [3.63, 3.8) is 0 Å². The second-order valence-electron chi connectivity index (χ2n) is 7.22. The predicted molar refractivity (Wildman–Crippen MR) is 108 cm³/mol. The molecule has 3 aromatic rings. The smallest absolute Gasteiger partial charge is 0.143 e. The Morgan fingerprint density at radius 1 is 1.21 bits per heavy atom. The van der Waals surface area contributed by atoms with Crippen LogP contribution in [0.4, 0.5) is 21.5 Å². The molecule has 0 atom stereocenters. The van der Waals surface area contributed by atoms with Gasteiger partial charge in [0.05, 0.1) is 30.2 Å². The molecule has 0 spiro atoms. The molecule has 1 saturated heterocycles. The van der Waals surface area contributed by atoms with E-state index in [1.165, 1.54) is 12.1 Å². The summed E-state index contributed by atoms with van der Waals surface area (Å²) in [7, 11) is 0. The molecule has 4 rings (SSSR count). The van der Waals surface area contributed by atoms with Gasteiger partial charge in [0.15, 0.2) is 0 Å². The third-order valence-corrected chi connectivity index (χ3v) is 5.18. The molecule has 0 aliphatic carbocycles. The van der Waals surface area contributed by atoms with Gasteiger partial charge in [-0.2, -0.15) is 5.10 Å². The Kier molecular flexibility index (Phi) is 5.19. The zero-order valence-electron chi connectivity index (χ0n) is 15.5. The van der Waals surface area contributed by atoms with Crippen molar-refractivity contribution in [2.45, 2.75) is 13.5 Å². The summed E-state index contributed by atoms with van der Waals surface area (Å²) in [6.07, 6.45) is 3.27. The van der Waals surface area contributed by atoms with E-state index >= 15 is 0 Å². The molecule has 1 fully saturated rings. The summed E-state index contributed by atoms with van der Waals surface area (Å²) >= 11 is 5.73. The molecule has 0 saturated carbocycles. The summed E-state index contributed by atoms with van der Waals surface area (Å²) in [5.74, 6) is -0.443. The molecular formula is C20H21ClFN5O. The molecule has 1 aliphatic rings. The zero-order chi connectivity index (χ0) is 19.6. The van der Waals surface area contributed by atoms with E-state index in [1.807, 2.05) is 29.8 Å². The highest BCUT2D eigenvalue weighted by Crippen LogP contribution is 2.31. The average Bonchev–Trinajstić information content (AvgIpc) is 3.14. The molecule has 2 heterocycles. The van der Waals surface area contributed by atoms with E-state index in [4.69, 9.17) is 16.3 Å². The predicted octanol–water partition coefficient (Wildman–Crippen LogP) is 4.25. The molecule has 28 heavy (non-hydrogen) atoms. The quantitative estimate of drug-likeness (QED) is 0.619. The third-order valence-electron chi connectivity index (χ3n) is 4.87. The average molecular weight is 402 g/mol. The first kappa shape index (κ1) is 18.7. The molecule has 6 nitrogen and oxygen atoms in total. The second-order valence-corrected chi connectivity index (χ2v) is 7.63. The number of hydrogen-bond acceptors (Lipinski definition) is 5. The molecule has 2 N–H and O–H groups in total. The lowest BCUT2D eigenvalue weighted by Crippen LogP contribution is -2.50. The van der Waals surface area contributed by atoms with Crippen LogP contribution in [0.25, 0.3) is 0 Å². The van der Waals surface area contributed by atoms with E-state index in [0.717, 1.165) is 30.0 Å². The van der Waals surface area contributed by atoms with E-state index < -0.39 is 5.82 Å². The Morgan fingerprint density at radius 2 is 2.00 bits per heavy atom. The van der Waals surface area contributed by atoms with Gasteiger partial charge in [0.2, 0.25) is 0 Å². The van der Waals surface area contributed by atoms with Crippen LogP contribution in [0, 0.1) is 18.2 Å². The Bertz CT molecular complexity index is 959. The number of nitrogens with zero attached hydrogens (tertiary/aromatic N) is 3. The van der Waals surface area contributed by atoms with Crippen LogP contribution in [0.5, 0.6) is 0 Å². The molecule has 146 valence electrons. The number of aryl methyl sites for hydroxylation is 1. The van der Waals surface area contributed by atoms with E-state index in [0.29, 0.717) is 18.9 Å². The highest BCUT2D eigenvalue weighted by molar-refractivity contribution is 6.30. The van der Waals surface area contributed by atoms with Gasteiger partial charge in [-0.05, 0) is 48.9 Å². The SMILES string of the molecule is Cc1cc(Nc2ccc(Cl)c(F)c2)ccc1NCC1(Cn2cncn2)COC1. The summed E-state index contributed by atoms with van der Waals surface area (Å²) in [6, 6.07) is 10.7. The van der Waals surface area contributed by atoms with Crippen molar-refractivity contribution < 1.29 is 9.13 Å². The lowest BCUT2D eigenvalue weighted by molar-refractivity contribution is -0.114. The molecule has 0 bridgehead atoms. The van der Waals surface area contributed by atoms with Gasteiger partial charge in [0.1, 0.15) is 18.5 Å². The Morgan fingerprint density at radius 3 is 2.64 bits per heavy atom. The maximum Gasteiger partial charge on any atom is 0.143 e. The summed E-state index contributed by atoms with van der Waals surface area (Å²) in [6.45, 7) is 4.97. The fraction of sp³-hybridized carbons (Fsp3) is 0.300. The minimum absolute atomic E-state index is 0.0118. The number of nitrogens with one attached hydrogen (secondary N) is 2. The number of hydrogen-bond donors (Lipinski definition) is 2. The van der Waals surface area contributed by atoms with Crippen molar-refractivity contribution >= 4 is 28.7 Å². The summed E-state index contributed by atoms with van der Waals surface area (Å²) < 4.78 is 20.9. The highest BCUT2D eigenvalue weighted by atomic mass is 35.5. The van der Waals surface area contributed by atoms with Crippen molar-refractivity contribution in [2.24, 2.45) is 5.41 Å². The van der Waals surface area contributed by atoms with E-state index in [9.17, 15) is 4.39 Å². The number of aromatic nitrogens is 3. The van der Waals surface area contributed by atoms with Crippen LogP contribution in [-0.4, -0.2) is 34.5 Å². The molecule has 1 aromatic heterocycles. The van der Waals surface area contributed by atoms with Crippen LogP contribution in [0.1, 0.15) is 5.56 Å². The molecular weight excluding hydrogens is 381 g/mol. The minimum atomic E-state index is -0.443. The maximum absolute atomic E-state index is 13.6. The fourth-order valence-corrected chi connectivity index (χ4v) is 3.38. The third kappa shape index (κ3) is 4.10. The minimum Gasteiger partial charge on any atom is -0.384 e. The lowest BCUT2D eigenvalue weighted by atomic mass is 9.85. The second kappa shape index (κ2) is 7.77. The van der Waals surface area contributed by atoms with Crippen LogP contribution in [0.2, 0.25) is 5.02 Å². The van der Waals surface area contributed by atoms with Gasteiger partial charge in [-0.3, -0.25) is 4.68 Å². The first-order chi connectivity index (χ1) is 13.5. The standard InChI is InChI=1S/C20H21ClFN5O/c1-14-6-15(26-16-2-4-17(21)18(22)7-16)3-5-19(14)24-8-20(10-28-11-20)9-27-13-23-12-25-27/h2-7,12-13,24,26H,8-11H2,1H3. The number of anilines is 3. The highest BCUT2D eigenvalue weighted by Gasteiger charge is 2.39. The number of benzene rings is 2. The monoisotopic (exact) mass is 401 g/mol. The van der Waals surface area contributed by atoms with Crippen molar-refractivity contribution in [3.8, 4) is 0 Å². The van der Waals surface area contributed by atoms with Gasteiger partial charge < -0.3 is 15.4 Å². The summed E-state index contributed by atoms with van der Waals surface area (Å²) in [5.41, 5.74) is 3.69. The van der Waals surface area contributed by atoms with Crippen molar-refractivity contribution in [1.29, 1.82) is 0 Å². The maximum atomic E-state index is 13.6. The van der Waals surface area contributed by atoms with Gasteiger partial charge in [-0.25, -0.2) is 9.37 Å². The topological polar surface area (TPSA) is 64.0 Å². The molecule has 0 amide bonds. The molecule has 1 aliphatic heterocycles. The molecule has 0 radical (unpaired) electrons. The number of ether oxygens (including phenoxy) is 1. The van der Waals surface area contributed by atoms with Crippen LogP contribution in [0.15, 0.2) is 49.1 Å². The first-order valence-corrected chi connectivity index (χ1v) is 9.38. The van der Waals surface area contributed by atoms with Crippen LogP contribution in [-0.2, 0) is 11.3 Å². The van der Waals surface area contributed by atoms with Gasteiger partial charge in [-0.1, -0.05) is 11.6 Å². The fourth-order valence-electron chi connectivity index (χ4n) is 3.26. The number of halogens is 2. The van der Waals surface area contributed by atoms with Gasteiger partial charge >= 0.3 is 0 Å². The first-order valence-electron chi connectivity index (χ1n) is 9.00. The van der Waals surface area contributed by atoms with Crippen molar-refractivity contribution in [2.75, 3.05) is 30.4 Å². The summed E-state index contributed by atoms with van der Waals surface area (Å²) in [5, 5.41) is 11.0. The van der Waals surface area contributed by atoms with Crippen molar-refractivity contribution in [1.82, 2.24) is 14.8 Å². The largest absolute Gasteiger partial charge is 0.384 e. The van der Waals surface area contributed by atoms with Crippen LogP contribution < -0.4 is 10.6 Å². The van der Waals surface area contributed by atoms with Crippen LogP contribution in [0.3, 0.4) is 0 Å². The van der Waals surface area contributed by atoms with Gasteiger partial charge in [0, 0.05) is 23.6 Å². The van der Waals surface area contributed by atoms with Crippen LogP contribution >= 0.6 is 11.6 Å². The van der Waals surface area contributed by atoms with Gasteiger partial charge in [-0.15, -0.1) is 0 Å². The van der Waals surface area contributed by atoms with Crippen molar-refractivity contribution in [3.05, 3.63) is 65.5 Å². The normalized spacial score (nSPS) is 15.1. The van der Waals surface area contributed by atoms with Gasteiger partial charge in [0.25, 0.3) is 0 Å². The van der Waals surface area contributed by atoms with E-state index in [2.05, 4.69) is 20.7 Å². The summed E-state index contributed by atoms with van der Waals surface area (Å²) in [4.78, 5) is 4.00. The zero-order valence-corrected chi connectivity index (χ0v) is 16.2. The number of rotatable bonds is 7. The molecule has 8 heteroatoms. The Balaban J connectivity index is 1.41. The van der Waals surface area contributed by atoms with E-state index in [1.54, 1.807) is 18.7 Å².